The predicted octanol–water partition coefficient (Wildman–Crippen LogP) is 2.02. The number of aryl methyl sites for hydroxylation is 2. The van der Waals surface area contributed by atoms with Crippen molar-refractivity contribution < 1.29 is 95.7 Å². The van der Waals surface area contributed by atoms with Crippen molar-refractivity contribution in [2.45, 2.75) is 22.6 Å². The maximum absolute atomic E-state index is 12.2. The summed E-state index contributed by atoms with van der Waals surface area (Å²) in [4.78, 5) is 21.2. The number of carboxylic acid groups (broad SMARTS) is 2. The standard InChI is InChI=1S/C28H22N4O14S2.Na/c33-21-11-23(35)19(9-17(21)27(37)38)31-29-15-5-3-13(25(7-15)47(41,42)43)1-2-14-4-6-16(8-26(14)48(44,45)46)30-32-20-10-18(28(39)40)22(34)12-24(20)36;/h3-12,33-36H,1-2H2,(H,37,38)(H,39,40)(H,41,42,43)(H,44,45,46);/q;+1. The molecule has 4 aromatic rings. The number of carboxylic acids is 2. The summed E-state index contributed by atoms with van der Waals surface area (Å²) in [6.07, 6.45) is -0.425. The van der Waals surface area contributed by atoms with Gasteiger partial charge >= 0.3 is 41.5 Å². The molecular formula is C28H22N4NaO14S2+. The molecule has 0 aliphatic heterocycles. The van der Waals surface area contributed by atoms with Gasteiger partial charge < -0.3 is 30.6 Å². The minimum Gasteiger partial charge on any atom is -0.507 e. The molecule has 0 amide bonds. The van der Waals surface area contributed by atoms with E-state index in [4.69, 9.17) is 10.2 Å². The van der Waals surface area contributed by atoms with E-state index in [0.717, 1.165) is 36.4 Å². The van der Waals surface area contributed by atoms with Crippen LogP contribution < -0.4 is 29.6 Å². The van der Waals surface area contributed by atoms with Crippen molar-refractivity contribution in [2.75, 3.05) is 0 Å². The van der Waals surface area contributed by atoms with Crippen molar-refractivity contribution in [1.29, 1.82) is 0 Å². The van der Waals surface area contributed by atoms with Crippen molar-refractivity contribution in [1.82, 2.24) is 0 Å². The second-order valence-electron chi connectivity index (χ2n) is 9.76. The van der Waals surface area contributed by atoms with Gasteiger partial charge in [-0.1, -0.05) is 12.1 Å². The first-order valence-corrected chi connectivity index (χ1v) is 15.9. The van der Waals surface area contributed by atoms with E-state index in [2.05, 4.69) is 20.5 Å². The van der Waals surface area contributed by atoms with Crippen LogP contribution in [0.5, 0.6) is 23.0 Å². The monoisotopic (exact) mass is 725 g/mol. The zero-order valence-electron chi connectivity index (χ0n) is 24.8. The van der Waals surface area contributed by atoms with E-state index in [0.29, 0.717) is 0 Å². The number of phenolic OH excluding ortho intramolecular Hbond substituents is 2. The second-order valence-corrected chi connectivity index (χ2v) is 12.5. The molecule has 4 aromatic carbocycles. The molecule has 8 N–H and O–H groups in total. The summed E-state index contributed by atoms with van der Waals surface area (Å²) in [5.41, 5.74) is -2.32. The Hall–Kier alpha value is -4.96. The number of hydrogen-bond acceptors (Lipinski definition) is 14. The molecule has 0 radical (unpaired) electrons. The number of azo groups is 2. The molecule has 0 saturated heterocycles. The number of benzene rings is 4. The van der Waals surface area contributed by atoms with Crippen LogP contribution in [0.15, 0.2) is 90.9 Å². The Labute approximate surface area is 298 Å². The van der Waals surface area contributed by atoms with Crippen molar-refractivity contribution in [3.05, 3.63) is 82.9 Å². The molecule has 0 aliphatic carbocycles. The molecule has 0 unspecified atom stereocenters. The SMILES string of the molecule is O=C(O)c1cc(N=Nc2ccc(CCc3ccc(N=Nc4cc(C(=O)O)c(O)cc4O)cc3S(=O)(=O)O)c(S(=O)(=O)O)c2)c(O)cc1O.[Na+]. The summed E-state index contributed by atoms with van der Waals surface area (Å²) in [6, 6.07) is 9.85. The van der Waals surface area contributed by atoms with Gasteiger partial charge in [-0.2, -0.15) is 27.1 Å². The van der Waals surface area contributed by atoms with E-state index in [1.54, 1.807) is 0 Å². The number of hydrogen-bond donors (Lipinski definition) is 8. The minimum atomic E-state index is -4.90. The quantitative estimate of drug-likeness (QED) is 0.0623. The van der Waals surface area contributed by atoms with E-state index in [9.17, 15) is 56.0 Å². The van der Waals surface area contributed by atoms with Gasteiger partial charge in [0.15, 0.2) is 0 Å². The number of nitrogens with zero attached hydrogens (tertiary/aromatic N) is 4. The summed E-state index contributed by atoms with van der Waals surface area (Å²) in [7, 11) is -9.80. The molecule has 0 heterocycles. The molecule has 4 rings (SSSR count). The third-order valence-corrected chi connectivity index (χ3v) is 8.39. The molecule has 250 valence electrons. The van der Waals surface area contributed by atoms with Crippen LogP contribution in [0.2, 0.25) is 0 Å². The zero-order chi connectivity index (χ0) is 35.6. The molecule has 49 heavy (non-hydrogen) atoms. The zero-order valence-corrected chi connectivity index (χ0v) is 28.5. The second kappa shape index (κ2) is 15.1. The first kappa shape index (κ1) is 38.5. The van der Waals surface area contributed by atoms with E-state index >= 15 is 0 Å². The fourth-order valence-electron chi connectivity index (χ4n) is 4.23. The first-order chi connectivity index (χ1) is 22.3. The number of aromatic carboxylic acids is 2. The summed E-state index contributed by atoms with van der Waals surface area (Å²) >= 11 is 0. The van der Waals surface area contributed by atoms with Crippen LogP contribution in [0.25, 0.3) is 0 Å². The molecule has 0 aromatic heterocycles. The Morgan fingerprint density at radius 3 is 1.18 bits per heavy atom. The molecule has 0 atom stereocenters. The molecule has 0 fully saturated rings. The molecule has 18 nitrogen and oxygen atoms in total. The van der Waals surface area contributed by atoms with E-state index in [1.165, 1.54) is 24.3 Å². The summed E-state index contributed by atoms with van der Waals surface area (Å²) < 4.78 is 68.5. The summed E-state index contributed by atoms with van der Waals surface area (Å²) in [5, 5.41) is 72.3. The Morgan fingerprint density at radius 1 is 0.531 bits per heavy atom. The fourth-order valence-corrected chi connectivity index (χ4v) is 5.77. The van der Waals surface area contributed by atoms with Crippen LogP contribution >= 0.6 is 0 Å². The molecule has 0 saturated carbocycles. The molecule has 21 heteroatoms. The van der Waals surface area contributed by atoms with Gasteiger partial charge in [0.1, 0.15) is 45.5 Å². The average molecular weight is 726 g/mol. The number of carbonyl (C=O) groups is 2. The van der Waals surface area contributed by atoms with Crippen LogP contribution in [-0.2, 0) is 33.1 Å². The normalized spacial score (nSPS) is 11.9. The Kier molecular flexibility index (Phi) is 11.8. The number of aromatic hydroxyl groups is 4. The van der Waals surface area contributed by atoms with E-state index in [-0.39, 0.29) is 76.3 Å². The van der Waals surface area contributed by atoms with Crippen LogP contribution in [0, 0.1) is 0 Å². The van der Waals surface area contributed by atoms with Crippen molar-refractivity contribution in [3.63, 3.8) is 0 Å². The van der Waals surface area contributed by atoms with Crippen LogP contribution in [0.3, 0.4) is 0 Å². The molecule has 0 bridgehead atoms. The third-order valence-electron chi connectivity index (χ3n) is 6.51. The fraction of sp³-hybridized carbons (Fsp3) is 0.0714. The molecular weight excluding hydrogens is 703 g/mol. The van der Waals surface area contributed by atoms with Gasteiger partial charge in [0.05, 0.1) is 21.2 Å². The van der Waals surface area contributed by atoms with Crippen LogP contribution in [0.1, 0.15) is 31.8 Å². The number of rotatable bonds is 11. The van der Waals surface area contributed by atoms with Gasteiger partial charge in [-0.3, -0.25) is 9.11 Å². The average Bonchev–Trinajstić information content (AvgIpc) is 2.98. The molecule has 0 aliphatic rings. The third kappa shape index (κ3) is 9.35. The van der Waals surface area contributed by atoms with E-state index in [1.807, 2.05) is 0 Å². The van der Waals surface area contributed by atoms with Gasteiger partial charge in [0, 0.05) is 12.1 Å². The van der Waals surface area contributed by atoms with Crippen molar-refractivity contribution in [2.24, 2.45) is 20.5 Å². The van der Waals surface area contributed by atoms with Crippen LogP contribution in [0.4, 0.5) is 22.7 Å². The van der Waals surface area contributed by atoms with Gasteiger partial charge in [0.25, 0.3) is 20.2 Å². The Balaban J connectivity index is 0.00000650. The Bertz CT molecular complexity index is 2100. The van der Waals surface area contributed by atoms with Crippen LogP contribution in [-0.4, -0.2) is 68.5 Å². The van der Waals surface area contributed by atoms with Gasteiger partial charge in [-0.15, -0.1) is 10.2 Å². The predicted molar refractivity (Wildman–Crippen MR) is 162 cm³/mol. The Morgan fingerprint density at radius 2 is 0.878 bits per heavy atom. The smallest absolute Gasteiger partial charge is 0.507 e. The largest absolute Gasteiger partial charge is 1.00 e. The maximum atomic E-state index is 12.2. The molecule has 0 spiro atoms. The summed E-state index contributed by atoms with van der Waals surface area (Å²) in [6.45, 7) is 0. The van der Waals surface area contributed by atoms with Gasteiger partial charge in [-0.25, -0.2) is 9.59 Å². The van der Waals surface area contributed by atoms with Gasteiger partial charge in [0.2, 0.25) is 0 Å². The van der Waals surface area contributed by atoms with Crippen molar-refractivity contribution >= 4 is 54.9 Å². The number of phenols is 4. The maximum Gasteiger partial charge on any atom is 1.00 e. The first-order valence-electron chi connectivity index (χ1n) is 13.0. The topological polar surface area (TPSA) is 314 Å². The van der Waals surface area contributed by atoms with Gasteiger partial charge in [-0.05, 0) is 60.4 Å². The minimum absolute atomic E-state index is 0. The summed E-state index contributed by atoms with van der Waals surface area (Å²) in [5.74, 6) is -5.80. The van der Waals surface area contributed by atoms with E-state index < -0.39 is 76.1 Å². The van der Waals surface area contributed by atoms with Crippen molar-refractivity contribution in [3.8, 4) is 23.0 Å².